The average molecular weight is 361 g/mol. The fraction of sp³-hybridized carbons (Fsp3) is 0.474. The van der Waals surface area contributed by atoms with Gasteiger partial charge >= 0.3 is 0 Å². The normalized spacial score (nSPS) is 12.9. The number of rotatable bonds is 8. The predicted octanol–water partition coefficient (Wildman–Crippen LogP) is 3.31. The summed E-state index contributed by atoms with van der Waals surface area (Å²) in [7, 11) is 3.84. The van der Waals surface area contributed by atoms with Gasteiger partial charge in [0.25, 0.3) is 0 Å². The van der Waals surface area contributed by atoms with Crippen LogP contribution >= 0.6 is 11.3 Å². The van der Waals surface area contributed by atoms with Crippen molar-refractivity contribution >= 4 is 17.3 Å². The van der Waals surface area contributed by atoms with Gasteiger partial charge in [0.15, 0.2) is 5.96 Å². The third-order valence-corrected chi connectivity index (χ3v) is 4.58. The predicted molar refractivity (Wildman–Crippen MR) is 105 cm³/mol. The van der Waals surface area contributed by atoms with Crippen LogP contribution in [-0.2, 0) is 17.9 Å². The summed E-state index contributed by atoms with van der Waals surface area (Å²) in [5.74, 6) is 1.27. The van der Waals surface area contributed by atoms with Gasteiger partial charge in [0.05, 0.1) is 30.5 Å². The fourth-order valence-corrected chi connectivity index (χ4v) is 3.06. The van der Waals surface area contributed by atoms with Crippen molar-refractivity contribution in [3.05, 3.63) is 52.0 Å². The van der Waals surface area contributed by atoms with Gasteiger partial charge in [-0.15, -0.1) is 11.3 Å². The first-order valence-electron chi connectivity index (χ1n) is 8.53. The second kappa shape index (κ2) is 10.2. The monoisotopic (exact) mass is 360 g/mol. The molecular formula is C19H28N4OS. The lowest BCUT2D eigenvalue weighted by molar-refractivity contribution is 0.0929. The summed E-state index contributed by atoms with van der Waals surface area (Å²) in [6, 6.07) is 10.3. The van der Waals surface area contributed by atoms with Crippen molar-refractivity contribution in [1.82, 2.24) is 15.2 Å². The first-order valence-corrected chi connectivity index (χ1v) is 9.41. The minimum atomic E-state index is 0.398. The summed E-state index contributed by atoms with van der Waals surface area (Å²) in [5, 5.41) is 6.61. The lowest BCUT2D eigenvalue weighted by Crippen LogP contribution is -2.41. The molecule has 0 aliphatic carbocycles. The van der Waals surface area contributed by atoms with E-state index in [2.05, 4.69) is 44.6 Å². The Balaban J connectivity index is 1.70. The fourth-order valence-electron chi connectivity index (χ4n) is 2.46. The van der Waals surface area contributed by atoms with E-state index in [9.17, 15) is 0 Å². The molecule has 0 spiro atoms. The number of thiazole rings is 1. The number of aromatic nitrogens is 1. The molecule has 6 heteroatoms. The lowest BCUT2D eigenvalue weighted by atomic mass is 10.2. The topological polar surface area (TPSA) is 49.8 Å². The number of nitrogens with one attached hydrogen (secondary N) is 1. The van der Waals surface area contributed by atoms with Crippen molar-refractivity contribution in [3.63, 3.8) is 0 Å². The molecule has 25 heavy (non-hydrogen) atoms. The number of aliphatic imine (C=N–C) groups is 1. The van der Waals surface area contributed by atoms with Crippen molar-refractivity contribution in [3.8, 4) is 0 Å². The Labute approximate surface area is 154 Å². The first kappa shape index (κ1) is 19.4. The van der Waals surface area contributed by atoms with Gasteiger partial charge in [-0.25, -0.2) is 4.98 Å². The molecule has 1 atom stereocenters. The van der Waals surface area contributed by atoms with Crippen LogP contribution in [0.3, 0.4) is 0 Å². The number of hydrogen-bond donors (Lipinski definition) is 1. The molecule has 0 bridgehead atoms. The maximum absolute atomic E-state index is 5.80. The van der Waals surface area contributed by atoms with Gasteiger partial charge in [-0.05, 0) is 18.4 Å². The molecule has 136 valence electrons. The third kappa shape index (κ3) is 6.84. The van der Waals surface area contributed by atoms with Crippen LogP contribution in [-0.4, -0.2) is 43.1 Å². The van der Waals surface area contributed by atoms with E-state index < -0.39 is 0 Å². The quantitative estimate of drug-likeness (QED) is 0.580. The van der Waals surface area contributed by atoms with E-state index in [0.29, 0.717) is 19.1 Å². The number of aryl methyl sites for hydroxylation is 1. The Kier molecular flexibility index (Phi) is 7.88. The molecule has 2 aromatic rings. The Morgan fingerprint density at radius 3 is 2.76 bits per heavy atom. The highest BCUT2D eigenvalue weighted by Crippen LogP contribution is 2.10. The summed E-state index contributed by atoms with van der Waals surface area (Å²) in [5.41, 5.74) is 2.28. The smallest absolute Gasteiger partial charge is 0.193 e. The third-order valence-electron chi connectivity index (χ3n) is 3.76. The summed E-state index contributed by atoms with van der Waals surface area (Å²) in [6.07, 6.45) is 0. The molecule has 0 fully saturated rings. The second-order valence-electron chi connectivity index (χ2n) is 6.25. The van der Waals surface area contributed by atoms with Crippen molar-refractivity contribution in [2.24, 2.45) is 10.9 Å². The van der Waals surface area contributed by atoms with E-state index in [1.165, 1.54) is 5.56 Å². The molecule has 1 heterocycles. The number of ether oxygens (including phenoxy) is 1. The van der Waals surface area contributed by atoms with Crippen LogP contribution < -0.4 is 5.32 Å². The van der Waals surface area contributed by atoms with Crippen LogP contribution in [0.2, 0.25) is 0 Å². The van der Waals surface area contributed by atoms with Crippen molar-refractivity contribution in [2.45, 2.75) is 27.0 Å². The molecule has 1 aromatic carbocycles. The van der Waals surface area contributed by atoms with E-state index in [-0.39, 0.29) is 0 Å². The highest BCUT2D eigenvalue weighted by molar-refractivity contribution is 7.09. The highest BCUT2D eigenvalue weighted by atomic mass is 32.1. The van der Waals surface area contributed by atoms with E-state index in [0.717, 1.165) is 29.8 Å². The Hall–Kier alpha value is -1.92. The van der Waals surface area contributed by atoms with Gasteiger partial charge in [0.1, 0.15) is 0 Å². The number of benzene rings is 1. The van der Waals surface area contributed by atoms with E-state index >= 15 is 0 Å². The van der Waals surface area contributed by atoms with Gasteiger partial charge in [0.2, 0.25) is 0 Å². The largest absolute Gasteiger partial charge is 0.376 e. The van der Waals surface area contributed by atoms with Gasteiger partial charge in [-0.3, -0.25) is 4.99 Å². The van der Waals surface area contributed by atoms with Crippen molar-refractivity contribution in [1.29, 1.82) is 0 Å². The molecule has 0 amide bonds. The van der Waals surface area contributed by atoms with Crippen LogP contribution in [0.15, 0.2) is 40.7 Å². The zero-order chi connectivity index (χ0) is 18.1. The van der Waals surface area contributed by atoms with Gasteiger partial charge in [0, 0.05) is 26.0 Å². The summed E-state index contributed by atoms with van der Waals surface area (Å²) in [6.45, 7) is 7.15. The van der Waals surface area contributed by atoms with Gasteiger partial charge in [-0.1, -0.05) is 37.3 Å². The molecule has 0 saturated carbocycles. The zero-order valence-electron chi connectivity index (χ0n) is 15.5. The number of nitrogens with zero attached hydrogens (tertiary/aromatic N) is 3. The van der Waals surface area contributed by atoms with Crippen LogP contribution in [0, 0.1) is 12.8 Å². The Morgan fingerprint density at radius 2 is 2.12 bits per heavy atom. The summed E-state index contributed by atoms with van der Waals surface area (Å²) < 4.78 is 5.80. The van der Waals surface area contributed by atoms with E-state index in [1.807, 2.05) is 39.2 Å². The first-order chi connectivity index (χ1) is 12.1. The molecule has 1 unspecified atom stereocenters. The van der Waals surface area contributed by atoms with E-state index in [4.69, 9.17) is 4.74 Å². The molecule has 1 aromatic heterocycles. The second-order valence-corrected chi connectivity index (χ2v) is 7.31. The lowest BCUT2D eigenvalue weighted by Gasteiger charge is -2.23. The molecular weight excluding hydrogens is 332 g/mol. The summed E-state index contributed by atoms with van der Waals surface area (Å²) in [4.78, 5) is 11.0. The number of hydrogen-bond acceptors (Lipinski definition) is 4. The number of guanidine groups is 1. The highest BCUT2D eigenvalue weighted by Gasteiger charge is 2.10. The molecule has 0 saturated heterocycles. The molecule has 0 aliphatic heterocycles. The average Bonchev–Trinajstić information content (AvgIpc) is 3.01. The van der Waals surface area contributed by atoms with Crippen LogP contribution in [0.25, 0.3) is 0 Å². The van der Waals surface area contributed by atoms with Crippen molar-refractivity contribution < 1.29 is 4.74 Å². The van der Waals surface area contributed by atoms with Crippen LogP contribution in [0.1, 0.15) is 23.2 Å². The van der Waals surface area contributed by atoms with Gasteiger partial charge in [-0.2, -0.15) is 0 Å². The molecule has 1 N–H and O–H groups in total. The molecule has 0 radical (unpaired) electrons. The van der Waals surface area contributed by atoms with Gasteiger partial charge < -0.3 is 15.0 Å². The van der Waals surface area contributed by atoms with E-state index in [1.54, 1.807) is 11.3 Å². The Bertz CT molecular complexity index is 656. The van der Waals surface area contributed by atoms with Crippen molar-refractivity contribution in [2.75, 3.05) is 27.2 Å². The van der Waals surface area contributed by atoms with Crippen LogP contribution in [0.5, 0.6) is 0 Å². The molecule has 5 nitrogen and oxygen atoms in total. The minimum absolute atomic E-state index is 0.398. The zero-order valence-corrected chi connectivity index (χ0v) is 16.3. The summed E-state index contributed by atoms with van der Waals surface area (Å²) >= 11 is 1.68. The minimum Gasteiger partial charge on any atom is -0.376 e. The maximum Gasteiger partial charge on any atom is 0.193 e. The van der Waals surface area contributed by atoms with Crippen LogP contribution in [0.4, 0.5) is 0 Å². The molecule has 2 rings (SSSR count). The standard InChI is InChI=1S/C19H28N4OS/c1-15(12-24-13-17-8-6-5-7-9-17)10-21-19(20-3)23(4)11-18-14-25-16(2)22-18/h5-9,14-15H,10-13H2,1-4H3,(H,20,21). The molecule has 0 aliphatic rings. The SMILES string of the molecule is CN=C(NCC(C)COCc1ccccc1)N(C)Cc1csc(C)n1. The maximum atomic E-state index is 5.80. The Morgan fingerprint density at radius 1 is 1.36 bits per heavy atom.